The number of aromatic amines is 1. The van der Waals surface area contributed by atoms with Gasteiger partial charge in [0.2, 0.25) is 0 Å². The van der Waals surface area contributed by atoms with E-state index in [-0.39, 0.29) is 24.6 Å². The first-order chi connectivity index (χ1) is 10.5. The van der Waals surface area contributed by atoms with Crippen molar-refractivity contribution >= 4 is 5.91 Å². The highest BCUT2D eigenvalue weighted by Gasteiger charge is 2.11. The molecule has 1 amide bonds. The zero-order chi connectivity index (χ0) is 16.1. The number of aromatic nitrogens is 2. The van der Waals surface area contributed by atoms with Gasteiger partial charge in [-0.1, -0.05) is 19.9 Å². The number of nitrogens with zero attached hydrogens (tertiary/aromatic N) is 1. The molecule has 0 atom stereocenters. The number of aliphatic hydroxyl groups is 1. The quantitative estimate of drug-likeness (QED) is 0.765. The van der Waals surface area contributed by atoms with Crippen molar-refractivity contribution < 1.29 is 14.3 Å². The van der Waals surface area contributed by atoms with Crippen molar-refractivity contribution in [3.8, 4) is 0 Å². The van der Waals surface area contributed by atoms with E-state index in [0.717, 1.165) is 17.7 Å². The van der Waals surface area contributed by atoms with E-state index in [1.165, 1.54) is 12.1 Å². The Balaban J connectivity index is 1.96. The fourth-order valence-electron chi connectivity index (χ4n) is 2.15. The summed E-state index contributed by atoms with van der Waals surface area (Å²) in [4.78, 5) is 12.0. The predicted octanol–water partition coefficient (Wildman–Crippen LogP) is 2.17. The van der Waals surface area contributed by atoms with Gasteiger partial charge in [-0.15, -0.1) is 0 Å². The molecule has 0 aliphatic carbocycles. The molecule has 0 fully saturated rings. The normalized spacial score (nSPS) is 11.0. The van der Waals surface area contributed by atoms with Gasteiger partial charge in [-0.05, 0) is 36.1 Å². The molecule has 6 heteroatoms. The third-order valence-corrected chi connectivity index (χ3v) is 3.23. The van der Waals surface area contributed by atoms with Gasteiger partial charge in [0.15, 0.2) is 0 Å². The highest BCUT2D eigenvalue weighted by atomic mass is 19.1. The maximum Gasteiger partial charge on any atom is 0.272 e. The maximum atomic E-state index is 13.3. The Labute approximate surface area is 128 Å². The molecule has 3 N–H and O–H groups in total. The van der Waals surface area contributed by atoms with Crippen LogP contribution in [0.15, 0.2) is 24.3 Å². The van der Waals surface area contributed by atoms with Gasteiger partial charge in [0.25, 0.3) is 5.91 Å². The number of hydrogen-bond donors (Lipinski definition) is 3. The number of benzene rings is 1. The maximum absolute atomic E-state index is 13.3. The minimum atomic E-state index is -0.455. The standard InChI is InChI=1S/C16H20FN3O2/c1-10(2)5-13-7-15(20-19-13)16(22)18-8-11-3-4-14(17)12(6-11)9-21/h3-4,6-7,10,21H,5,8-9H2,1-2H3,(H,18,22)(H,19,20). The Morgan fingerprint density at radius 3 is 2.86 bits per heavy atom. The van der Waals surface area contributed by atoms with Crippen LogP contribution >= 0.6 is 0 Å². The van der Waals surface area contributed by atoms with Crippen LogP contribution in [0.2, 0.25) is 0 Å². The fourth-order valence-corrected chi connectivity index (χ4v) is 2.15. The molecule has 1 heterocycles. The summed E-state index contributed by atoms with van der Waals surface area (Å²) in [5.41, 5.74) is 2.19. The van der Waals surface area contributed by atoms with Crippen molar-refractivity contribution in [2.75, 3.05) is 0 Å². The average molecular weight is 305 g/mol. The van der Waals surface area contributed by atoms with Crippen molar-refractivity contribution in [1.82, 2.24) is 15.5 Å². The number of hydrogen-bond acceptors (Lipinski definition) is 3. The molecule has 2 aromatic rings. The van der Waals surface area contributed by atoms with Gasteiger partial charge in [0.1, 0.15) is 11.5 Å². The van der Waals surface area contributed by atoms with Crippen LogP contribution in [0.25, 0.3) is 0 Å². The molecule has 22 heavy (non-hydrogen) atoms. The minimum absolute atomic E-state index is 0.214. The summed E-state index contributed by atoms with van der Waals surface area (Å²) in [7, 11) is 0. The monoisotopic (exact) mass is 305 g/mol. The number of H-pyrrole nitrogens is 1. The number of amides is 1. The van der Waals surface area contributed by atoms with Crippen LogP contribution in [0.5, 0.6) is 0 Å². The molecule has 0 bridgehead atoms. The predicted molar refractivity (Wildman–Crippen MR) is 80.6 cm³/mol. The molecule has 118 valence electrons. The van der Waals surface area contributed by atoms with E-state index in [0.29, 0.717) is 11.6 Å². The van der Waals surface area contributed by atoms with Gasteiger partial charge in [-0.3, -0.25) is 9.89 Å². The lowest BCUT2D eigenvalue weighted by molar-refractivity contribution is 0.0946. The molecule has 0 unspecified atom stereocenters. The van der Waals surface area contributed by atoms with Gasteiger partial charge >= 0.3 is 0 Å². The molecular formula is C16H20FN3O2. The molecule has 0 radical (unpaired) electrons. The number of nitrogens with one attached hydrogen (secondary N) is 2. The Morgan fingerprint density at radius 1 is 1.41 bits per heavy atom. The number of rotatable bonds is 6. The first-order valence-electron chi connectivity index (χ1n) is 7.20. The second-order valence-electron chi connectivity index (χ2n) is 5.64. The topological polar surface area (TPSA) is 78.0 Å². The van der Waals surface area contributed by atoms with Crippen LogP contribution < -0.4 is 5.32 Å². The molecule has 0 saturated carbocycles. The van der Waals surface area contributed by atoms with Crippen molar-refractivity contribution in [3.05, 3.63) is 52.6 Å². The molecular weight excluding hydrogens is 285 g/mol. The lowest BCUT2D eigenvalue weighted by Crippen LogP contribution is -2.23. The van der Waals surface area contributed by atoms with E-state index in [9.17, 15) is 9.18 Å². The van der Waals surface area contributed by atoms with Crippen molar-refractivity contribution in [2.24, 2.45) is 5.92 Å². The largest absolute Gasteiger partial charge is 0.392 e. The smallest absolute Gasteiger partial charge is 0.272 e. The zero-order valence-corrected chi connectivity index (χ0v) is 12.7. The molecule has 0 aliphatic heterocycles. The van der Waals surface area contributed by atoms with Gasteiger partial charge < -0.3 is 10.4 Å². The van der Waals surface area contributed by atoms with Gasteiger partial charge in [0, 0.05) is 17.8 Å². The minimum Gasteiger partial charge on any atom is -0.392 e. The molecule has 0 spiro atoms. The molecule has 2 rings (SSSR count). The third kappa shape index (κ3) is 4.14. The van der Waals surface area contributed by atoms with Crippen LogP contribution in [0, 0.1) is 11.7 Å². The summed E-state index contributed by atoms with van der Waals surface area (Å²) < 4.78 is 13.3. The van der Waals surface area contributed by atoms with Crippen LogP contribution in [0.3, 0.4) is 0 Å². The second kappa shape index (κ2) is 7.17. The summed E-state index contributed by atoms with van der Waals surface area (Å²) in [6.45, 7) is 4.06. The number of halogens is 1. The fraction of sp³-hybridized carbons (Fsp3) is 0.375. The first-order valence-corrected chi connectivity index (χ1v) is 7.20. The summed E-state index contributed by atoms with van der Waals surface area (Å²) in [5.74, 6) is -0.267. The van der Waals surface area contributed by atoms with Crippen LogP contribution in [-0.4, -0.2) is 21.2 Å². The van der Waals surface area contributed by atoms with Crippen molar-refractivity contribution in [3.63, 3.8) is 0 Å². The van der Waals surface area contributed by atoms with Crippen LogP contribution in [0.1, 0.15) is 41.2 Å². The molecule has 0 saturated heterocycles. The molecule has 0 aliphatic rings. The highest BCUT2D eigenvalue weighted by molar-refractivity contribution is 5.92. The van der Waals surface area contributed by atoms with Crippen LogP contribution in [0.4, 0.5) is 4.39 Å². The first kappa shape index (κ1) is 16.2. The third-order valence-electron chi connectivity index (χ3n) is 3.23. The van der Waals surface area contributed by atoms with Gasteiger partial charge in [-0.2, -0.15) is 5.10 Å². The molecule has 5 nitrogen and oxygen atoms in total. The summed E-state index contributed by atoms with van der Waals surface area (Å²) in [6.07, 6.45) is 0.831. The van der Waals surface area contributed by atoms with E-state index in [1.807, 2.05) is 0 Å². The number of carbonyl (C=O) groups excluding carboxylic acids is 1. The molecule has 1 aromatic carbocycles. The molecule has 1 aromatic heterocycles. The Bertz CT molecular complexity index is 653. The van der Waals surface area contributed by atoms with Crippen LogP contribution in [-0.2, 0) is 19.6 Å². The highest BCUT2D eigenvalue weighted by Crippen LogP contribution is 2.11. The number of aliphatic hydroxyl groups excluding tert-OH is 1. The van der Waals surface area contributed by atoms with E-state index in [4.69, 9.17) is 5.11 Å². The summed E-state index contributed by atoms with van der Waals surface area (Å²) in [5, 5.41) is 18.6. The summed E-state index contributed by atoms with van der Waals surface area (Å²) >= 11 is 0. The van der Waals surface area contributed by atoms with Gasteiger partial charge in [-0.25, -0.2) is 4.39 Å². The Kier molecular flexibility index (Phi) is 5.27. The van der Waals surface area contributed by atoms with E-state index >= 15 is 0 Å². The lowest BCUT2D eigenvalue weighted by Gasteiger charge is -2.06. The van der Waals surface area contributed by atoms with Crippen molar-refractivity contribution in [2.45, 2.75) is 33.4 Å². The van der Waals surface area contributed by atoms with E-state index < -0.39 is 5.82 Å². The van der Waals surface area contributed by atoms with E-state index in [2.05, 4.69) is 29.4 Å². The Morgan fingerprint density at radius 2 is 2.18 bits per heavy atom. The number of carbonyl (C=O) groups is 1. The van der Waals surface area contributed by atoms with Gasteiger partial charge in [0.05, 0.1) is 6.61 Å². The second-order valence-corrected chi connectivity index (χ2v) is 5.64. The van der Waals surface area contributed by atoms with E-state index in [1.54, 1.807) is 12.1 Å². The Hall–Kier alpha value is -2.21. The average Bonchev–Trinajstić information content (AvgIpc) is 2.93. The summed E-state index contributed by atoms with van der Waals surface area (Å²) in [6, 6.07) is 6.12. The van der Waals surface area contributed by atoms with Crippen molar-refractivity contribution in [1.29, 1.82) is 0 Å². The lowest BCUT2D eigenvalue weighted by atomic mass is 10.1. The SMILES string of the molecule is CC(C)Cc1cc(C(=O)NCc2ccc(F)c(CO)c2)n[nH]1. The zero-order valence-electron chi connectivity index (χ0n) is 12.7.